The Hall–Kier alpha value is -4.07. The number of amidine groups is 1. The molecule has 29 heavy (non-hydrogen) atoms. The van der Waals surface area contributed by atoms with Crippen LogP contribution in [0.1, 0.15) is 21.6 Å². The first-order valence-corrected chi connectivity index (χ1v) is 9.17. The molecule has 2 aromatic carbocycles. The number of fused-ring (bicyclic) bond motifs is 2. The highest BCUT2D eigenvalue weighted by Gasteiger charge is 2.26. The number of carbonyl (C=O) groups excluding carboxylic acids is 1. The Morgan fingerprint density at radius 1 is 1.17 bits per heavy atom. The molecule has 0 bridgehead atoms. The fourth-order valence-electron chi connectivity index (χ4n) is 3.46. The number of hydrogen-bond donors (Lipinski definition) is 4. The first kappa shape index (κ1) is 17.1. The molecule has 0 atom stereocenters. The Kier molecular flexibility index (Phi) is 4.02. The molecule has 8 heteroatoms. The minimum absolute atomic E-state index is 0.364. The zero-order chi connectivity index (χ0) is 19.8. The lowest BCUT2D eigenvalue weighted by Gasteiger charge is -2.20. The predicted molar refractivity (Wildman–Crippen MR) is 109 cm³/mol. The SMILES string of the molecule is NC(=O)c1cccc2c(C3=NC(NCc4ccccc4)=C4COC=C4N3)[nH]nc12. The summed E-state index contributed by atoms with van der Waals surface area (Å²) in [6, 6.07) is 15.4. The van der Waals surface area contributed by atoms with Crippen LogP contribution in [0.25, 0.3) is 10.9 Å². The summed E-state index contributed by atoms with van der Waals surface area (Å²) in [5.41, 5.74) is 9.99. The summed E-state index contributed by atoms with van der Waals surface area (Å²) in [6.07, 6.45) is 1.68. The molecule has 0 fully saturated rings. The van der Waals surface area contributed by atoms with E-state index in [1.807, 2.05) is 24.3 Å². The monoisotopic (exact) mass is 386 g/mol. The zero-order valence-corrected chi connectivity index (χ0v) is 15.4. The van der Waals surface area contributed by atoms with Crippen molar-refractivity contribution in [2.24, 2.45) is 10.7 Å². The van der Waals surface area contributed by atoms with Crippen LogP contribution in [0.15, 0.2) is 76.9 Å². The molecule has 2 aliphatic rings. The number of aliphatic imine (C=N–C) groups is 1. The molecule has 1 aromatic heterocycles. The Balaban J connectivity index is 1.53. The lowest BCUT2D eigenvalue weighted by Crippen LogP contribution is -2.32. The van der Waals surface area contributed by atoms with Gasteiger partial charge in [0.25, 0.3) is 5.91 Å². The molecule has 1 amide bonds. The summed E-state index contributed by atoms with van der Waals surface area (Å²) >= 11 is 0. The Labute approximate surface area is 166 Å². The number of amides is 1. The van der Waals surface area contributed by atoms with Crippen LogP contribution in [0.3, 0.4) is 0 Å². The van der Waals surface area contributed by atoms with Gasteiger partial charge in [0.15, 0.2) is 5.84 Å². The predicted octanol–water partition coefficient (Wildman–Crippen LogP) is 1.88. The molecule has 0 unspecified atom stereocenters. The number of para-hydroxylation sites is 1. The lowest BCUT2D eigenvalue weighted by molar-refractivity contribution is 0.100. The minimum Gasteiger partial charge on any atom is -0.494 e. The van der Waals surface area contributed by atoms with Gasteiger partial charge in [0.05, 0.1) is 16.8 Å². The van der Waals surface area contributed by atoms with Gasteiger partial charge in [-0.25, -0.2) is 4.99 Å². The van der Waals surface area contributed by atoms with Crippen molar-refractivity contribution in [3.63, 3.8) is 0 Å². The second-order valence-corrected chi connectivity index (χ2v) is 6.76. The number of carbonyl (C=O) groups is 1. The summed E-state index contributed by atoms with van der Waals surface area (Å²) in [7, 11) is 0. The van der Waals surface area contributed by atoms with Crippen LogP contribution in [0.2, 0.25) is 0 Å². The van der Waals surface area contributed by atoms with Gasteiger partial charge in [0.1, 0.15) is 29.9 Å². The fourth-order valence-corrected chi connectivity index (χ4v) is 3.46. The van der Waals surface area contributed by atoms with Gasteiger partial charge in [-0.15, -0.1) is 0 Å². The number of nitrogens with zero attached hydrogens (tertiary/aromatic N) is 2. The number of benzene rings is 2. The first-order valence-electron chi connectivity index (χ1n) is 9.17. The maximum atomic E-state index is 11.7. The molecule has 8 nitrogen and oxygen atoms in total. The highest BCUT2D eigenvalue weighted by Crippen LogP contribution is 2.27. The second kappa shape index (κ2) is 6.83. The molecule has 0 saturated heterocycles. The van der Waals surface area contributed by atoms with Gasteiger partial charge in [-0.05, 0) is 11.6 Å². The van der Waals surface area contributed by atoms with Crippen LogP contribution in [0.4, 0.5) is 0 Å². The van der Waals surface area contributed by atoms with Crippen LogP contribution < -0.4 is 16.4 Å². The van der Waals surface area contributed by atoms with Gasteiger partial charge in [0, 0.05) is 11.9 Å². The van der Waals surface area contributed by atoms with E-state index in [1.54, 1.807) is 18.4 Å². The van der Waals surface area contributed by atoms with E-state index < -0.39 is 5.91 Å². The van der Waals surface area contributed by atoms with Crippen LogP contribution in [0, 0.1) is 0 Å². The molecular formula is C21H18N6O2. The Morgan fingerprint density at radius 3 is 2.86 bits per heavy atom. The van der Waals surface area contributed by atoms with E-state index in [-0.39, 0.29) is 0 Å². The third-order valence-electron chi connectivity index (χ3n) is 4.91. The normalized spacial score (nSPS) is 15.3. The second-order valence-electron chi connectivity index (χ2n) is 6.76. The lowest BCUT2D eigenvalue weighted by atomic mass is 10.1. The third-order valence-corrected chi connectivity index (χ3v) is 4.91. The molecule has 3 heterocycles. The number of hydrogen-bond acceptors (Lipinski definition) is 6. The topological polar surface area (TPSA) is 117 Å². The summed E-state index contributed by atoms with van der Waals surface area (Å²) in [6.45, 7) is 1.09. The van der Waals surface area contributed by atoms with E-state index in [9.17, 15) is 4.79 Å². The van der Waals surface area contributed by atoms with Gasteiger partial charge in [0.2, 0.25) is 0 Å². The molecule has 0 saturated carbocycles. The largest absolute Gasteiger partial charge is 0.494 e. The number of ether oxygens (including phenoxy) is 1. The average Bonchev–Trinajstić information content (AvgIpc) is 3.39. The van der Waals surface area contributed by atoms with E-state index in [2.05, 4.69) is 33.0 Å². The number of aromatic amines is 1. The molecule has 3 aromatic rings. The molecule has 2 aliphatic heterocycles. The van der Waals surface area contributed by atoms with E-state index in [4.69, 9.17) is 15.5 Å². The fraction of sp³-hybridized carbons (Fsp3) is 0.0952. The standard InChI is InChI=1S/C21H18N6O2/c22-19(28)14-8-4-7-13-17(14)26-27-18(13)21-24-16-11-29-10-15(16)20(25-21)23-9-12-5-2-1-3-6-12/h1-8,11,23H,9-10H2,(H2,22,28)(H,24,25)(H,26,27). The molecule has 0 spiro atoms. The Bertz CT molecular complexity index is 1210. The minimum atomic E-state index is -0.522. The number of rotatable bonds is 5. The summed E-state index contributed by atoms with van der Waals surface area (Å²) < 4.78 is 5.49. The van der Waals surface area contributed by atoms with Crippen LogP contribution in [-0.2, 0) is 11.3 Å². The average molecular weight is 386 g/mol. The van der Waals surface area contributed by atoms with Crippen molar-refractivity contribution >= 4 is 22.6 Å². The maximum absolute atomic E-state index is 11.7. The van der Waals surface area contributed by atoms with Crippen molar-refractivity contribution in [2.45, 2.75) is 6.54 Å². The quantitative estimate of drug-likeness (QED) is 0.534. The molecular weight excluding hydrogens is 368 g/mol. The summed E-state index contributed by atoms with van der Waals surface area (Å²) in [4.78, 5) is 16.5. The van der Waals surface area contributed by atoms with E-state index >= 15 is 0 Å². The van der Waals surface area contributed by atoms with Crippen molar-refractivity contribution in [2.75, 3.05) is 6.61 Å². The highest BCUT2D eigenvalue weighted by molar-refractivity contribution is 6.13. The number of H-pyrrole nitrogens is 1. The molecule has 0 aliphatic carbocycles. The third kappa shape index (κ3) is 3.00. The summed E-state index contributed by atoms with van der Waals surface area (Å²) in [5.74, 6) is 0.803. The first-order chi connectivity index (χ1) is 14.2. The van der Waals surface area contributed by atoms with E-state index in [0.717, 1.165) is 28.0 Å². The molecule has 5 rings (SSSR count). The number of aromatic nitrogens is 2. The van der Waals surface area contributed by atoms with Crippen LogP contribution in [-0.4, -0.2) is 28.5 Å². The van der Waals surface area contributed by atoms with Crippen molar-refractivity contribution in [1.82, 2.24) is 20.8 Å². The number of primary amides is 1. The van der Waals surface area contributed by atoms with Crippen molar-refractivity contribution < 1.29 is 9.53 Å². The highest BCUT2D eigenvalue weighted by atomic mass is 16.5. The number of nitrogens with two attached hydrogens (primary N) is 1. The van der Waals surface area contributed by atoms with Crippen LogP contribution >= 0.6 is 0 Å². The summed E-state index contributed by atoms with van der Waals surface area (Å²) in [5, 5.41) is 14.7. The van der Waals surface area contributed by atoms with Crippen molar-refractivity contribution in [3.05, 3.63) is 88.7 Å². The Morgan fingerprint density at radius 2 is 2.03 bits per heavy atom. The van der Waals surface area contributed by atoms with Crippen LogP contribution in [0.5, 0.6) is 0 Å². The van der Waals surface area contributed by atoms with Gasteiger partial charge in [-0.1, -0.05) is 42.5 Å². The number of nitrogens with one attached hydrogen (secondary N) is 3. The molecule has 5 N–H and O–H groups in total. The van der Waals surface area contributed by atoms with E-state index in [0.29, 0.717) is 35.8 Å². The van der Waals surface area contributed by atoms with Crippen molar-refractivity contribution in [1.29, 1.82) is 0 Å². The smallest absolute Gasteiger partial charge is 0.250 e. The molecule has 0 radical (unpaired) electrons. The van der Waals surface area contributed by atoms with Crippen molar-refractivity contribution in [3.8, 4) is 0 Å². The van der Waals surface area contributed by atoms with Gasteiger partial charge in [-0.2, -0.15) is 5.10 Å². The zero-order valence-electron chi connectivity index (χ0n) is 15.4. The molecule has 144 valence electrons. The maximum Gasteiger partial charge on any atom is 0.250 e. The van der Waals surface area contributed by atoms with E-state index in [1.165, 1.54) is 0 Å². The van der Waals surface area contributed by atoms with Gasteiger partial charge in [-0.3, -0.25) is 9.89 Å². The van der Waals surface area contributed by atoms with Gasteiger partial charge < -0.3 is 21.1 Å². The van der Waals surface area contributed by atoms with Gasteiger partial charge >= 0.3 is 0 Å².